The predicted molar refractivity (Wildman–Crippen MR) is 90.9 cm³/mol. The van der Waals surface area contributed by atoms with Crippen molar-refractivity contribution in [2.75, 3.05) is 6.54 Å². The fraction of sp³-hybridized carbons (Fsp3) is 0.444. The normalized spacial score (nSPS) is 34.9. The molecule has 1 saturated heterocycles. The molecule has 10 heteroatoms. The first kappa shape index (κ1) is 16.8. The van der Waals surface area contributed by atoms with Gasteiger partial charge in [0.15, 0.2) is 0 Å². The number of amides is 2. The molecule has 2 heterocycles. The van der Waals surface area contributed by atoms with Crippen LogP contribution in [0.2, 0.25) is 0 Å². The molecule has 0 spiro atoms. The van der Waals surface area contributed by atoms with E-state index in [2.05, 4.69) is 5.16 Å². The molecule has 3 fully saturated rings. The van der Waals surface area contributed by atoms with E-state index in [-0.39, 0.29) is 29.5 Å². The maximum Gasteiger partial charge on any atom is 0.323 e. The van der Waals surface area contributed by atoms with Gasteiger partial charge in [0, 0.05) is 29.5 Å². The van der Waals surface area contributed by atoms with E-state index in [1.165, 1.54) is 12.1 Å². The Hall–Kier alpha value is -3.30. The summed E-state index contributed by atoms with van der Waals surface area (Å²) in [7, 11) is 0. The van der Waals surface area contributed by atoms with E-state index in [9.17, 15) is 24.5 Å². The molecule has 1 N–H and O–H groups in total. The number of benzene rings is 1. The van der Waals surface area contributed by atoms with Crippen molar-refractivity contribution in [1.29, 1.82) is 0 Å². The van der Waals surface area contributed by atoms with E-state index in [0.717, 1.165) is 4.90 Å². The number of carboxylic acid groups (broad SMARTS) is 1. The lowest BCUT2D eigenvalue weighted by Crippen LogP contribution is -2.41. The summed E-state index contributed by atoms with van der Waals surface area (Å²) in [4.78, 5) is 53.5. The highest BCUT2D eigenvalue weighted by atomic mass is 16.6. The molecule has 10 nitrogen and oxygen atoms in total. The number of hydrogen-bond acceptors (Lipinski definition) is 7. The Balaban J connectivity index is 1.47. The van der Waals surface area contributed by atoms with Crippen molar-refractivity contribution >= 4 is 29.2 Å². The number of rotatable bonds is 4. The Morgan fingerprint density at radius 3 is 2.64 bits per heavy atom. The van der Waals surface area contributed by atoms with Gasteiger partial charge in [-0.15, -0.1) is 0 Å². The first-order valence-electron chi connectivity index (χ1n) is 8.94. The maximum absolute atomic E-state index is 12.8. The number of likely N-dealkylation sites (tertiary alicyclic amines) is 1. The molecule has 0 aromatic heterocycles. The second-order valence-electron chi connectivity index (χ2n) is 7.65. The van der Waals surface area contributed by atoms with Gasteiger partial charge in [-0.25, -0.2) is 0 Å². The van der Waals surface area contributed by atoms with Gasteiger partial charge in [-0.05, 0) is 12.3 Å². The molecular weight excluding hydrogens is 370 g/mol. The summed E-state index contributed by atoms with van der Waals surface area (Å²) in [6.07, 6.45) is 0.249. The van der Waals surface area contributed by atoms with Crippen LogP contribution in [0.5, 0.6) is 0 Å². The Labute approximate surface area is 157 Å². The lowest BCUT2D eigenvalue weighted by atomic mass is 9.71. The van der Waals surface area contributed by atoms with Crippen LogP contribution in [0.1, 0.15) is 12.0 Å². The molecule has 2 amide bonds. The summed E-state index contributed by atoms with van der Waals surface area (Å²) in [5, 5.41) is 24.2. The number of hydrogen-bond donors (Lipinski definition) is 1. The Bertz CT molecular complexity index is 974. The molecule has 0 unspecified atom stereocenters. The highest BCUT2D eigenvalue weighted by molar-refractivity contribution is 6.10. The minimum absolute atomic E-state index is 0.0653. The number of aliphatic carboxylic acids is 1. The Morgan fingerprint density at radius 1 is 1.25 bits per heavy atom. The van der Waals surface area contributed by atoms with Crippen LogP contribution < -0.4 is 0 Å². The number of carbonyl (C=O) groups is 3. The van der Waals surface area contributed by atoms with Gasteiger partial charge < -0.3 is 9.94 Å². The van der Waals surface area contributed by atoms with Gasteiger partial charge in [0.25, 0.3) is 5.69 Å². The minimum Gasteiger partial charge on any atom is -0.480 e. The van der Waals surface area contributed by atoms with Gasteiger partial charge in [-0.1, -0.05) is 17.3 Å². The largest absolute Gasteiger partial charge is 0.480 e. The van der Waals surface area contributed by atoms with E-state index in [1.807, 2.05) is 0 Å². The zero-order chi connectivity index (χ0) is 19.7. The maximum atomic E-state index is 12.8. The fourth-order valence-corrected chi connectivity index (χ4v) is 5.50. The molecule has 2 bridgehead atoms. The summed E-state index contributed by atoms with van der Waals surface area (Å²) in [5.74, 6) is -3.93. The number of nitrogens with zero attached hydrogens (tertiary/aromatic N) is 3. The van der Waals surface area contributed by atoms with Crippen molar-refractivity contribution in [2.24, 2.45) is 34.7 Å². The molecular formula is C18H15N3O7. The zero-order valence-electron chi connectivity index (χ0n) is 14.4. The molecule has 28 heavy (non-hydrogen) atoms. The molecule has 1 aromatic carbocycles. The number of carboxylic acids is 1. The van der Waals surface area contributed by atoms with Gasteiger partial charge in [-0.3, -0.25) is 29.4 Å². The van der Waals surface area contributed by atoms with E-state index in [0.29, 0.717) is 17.7 Å². The smallest absolute Gasteiger partial charge is 0.323 e. The summed E-state index contributed by atoms with van der Waals surface area (Å²) < 4.78 is 0. The van der Waals surface area contributed by atoms with Crippen molar-refractivity contribution in [1.82, 2.24) is 4.90 Å². The van der Waals surface area contributed by atoms with Crippen LogP contribution in [0.15, 0.2) is 29.4 Å². The van der Waals surface area contributed by atoms with E-state index in [4.69, 9.17) is 9.94 Å². The monoisotopic (exact) mass is 385 g/mol. The summed E-state index contributed by atoms with van der Waals surface area (Å²) in [5.41, 5.74) is 1.05. The average molecular weight is 385 g/mol. The lowest BCUT2D eigenvalue weighted by molar-refractivity contribution is -0.384. The topological polar surface area (TPSA) is 139 Å². The summed E-state index contributed by atoms with van der Waals surface area (Å²) >= 11 is 0. The second-order valence-corrected chi connectivity index (χ2v) is 7.65. The molecule has 2 saturated carbocycles. The third-order valence-electron chi connectivity index (χ3n) is 6.43. The number of oxime groups is 1. The van der Waals surface area contributed by atoms with Crippen LogP contribution in [0.4, 0.5) is 5.69 Å². The third kappa shape index (κ3) is 2.08. The van der Waals surface area contributed by atoms with Crippen molar-refractivity contribution in [3.05, 3.63) is 39.9 Å². The molecule has 0 radical (unpaired) electrons. The number of nitro groups is 1. The van der Waals surface area contributed by atoms with Crippen LogP contribution in [-0.4, -0.2) is 51.1 Å². The highest BCUT2D eigenvalue weighted by Gasteiger charge is 2.70. The van der Waals surface area contributed by atoms with Crippen molar-refractivity contribution in [3.63, 3.8) is 0 Å². The highest BCUT2D eigenvalue weighted by Crippen LogP contribution is 2.61. The number of carbonyl (C=O) groups excluding carboxylic acids is 2. The van der Waals surface area contributed by atoms with E-state index < -0.39 is 41.1 Å². The lowest BCUT2D eigenvalue weighted by Gasteiger charge is -2.29. The standard InChI is InChI=1S/C18H15N3O7/c22-11(23)6-20-17(24)12-9-5-10(13(12)18(20)25)16-14(9)15(19-28-16)7-2-1-3-8(4-7)21(26)27/h1-4,9-10,12-14,16H,5-6H2,(H,22,23)/t9-,10-,12-,13-,14-,16-/m1/s1. The predicted octanol–water partition coefficient (Wildman–Crippen LogP) is 0.649. The molecule has 144 valence electrons. The van der Waals surface area contributed by atoms with Crippen LogP contribution in [0.25, 0.3) is 0 Å². The van der Waals surface area contributed by atoms with Gasteiger partial charge in [0.05, 0.1) is 22.5 Å². The minimum atomic E-state index is -1.23. The number of imide groups is 1. The van der Waals surface area contributed by atoms with Crippen LogP contribution >= 0.6 is 0 Å². The van der Waals surface area contributed by atoms with Crippen LogP contribution in [0, 0.1) is 39.7 Å². The van der Waals surface area contributed by atoms with Crippen molar-refractivity contribution < 1.29 is 29.3 Å². The van der Waals surface area contributed by atoms with Crippen molar-refractivity contribution in [3.8, 4) is 0 Å². The quantitative estimate of drug-likeness (QED) is 0.456. The van der Waals surface area contributed by atoms with Gasteiger partial charge >= 0.3 is 5.97 Å². The van der Waals surface area contributed by atoms with Crippen molar-refractivity contribution in [2.45, 2.75) is 12.5 Å². The average Bonchev–Trinajstić information content (AvgIpc) is 3.38. The molecule has 1 aromatic rings. The van der Waals surface area contributed by atoms with Gasteiger partial charge in [-0.2, -0.15) is 0 Å². The number of non-ortho nitro benzene ring substituents is 1. The number of fused-ring (bicyclic) bond motifs is 8. The second kappa shape index (κ2) is 5.60. The first-order valence-corrected chi connectivity index (χ1v) is 8.94. The Morgan fingerprint density at radius 2 is 1.96 bits per heavy atom. The van der Waals surface area contributed by atoms with Crippen LogP contribution in [0.3, 0.4) is 0 Å². The summed E-state index contributed by atoms with van der Waals surface area (Å²) in [6.45, 7) is -0.633. The molecule has 4 aliphatic rings. The van der Waals surface area contributed by atoms with Gasteiger partial charge in [0.2, 0.25) is 11.8 Å². The zero-order valence-corrected chi connectivity index (χ0v) is 14.4. The van der Waals surface area contributed by atoms with Crippen LogP contribution in [-0.2, 0) is 19.2 Å². The fourth-order valence-electron chi connectivity index (χ4n) is 5.50. The van der Waals surface area contributed by atoms with E-state index >= 15 is 0 Å². The molecule has 2 aliphatic heterocycles. The van der Waals surface area contributed by atoms with E-state index in [1.54, 1.807) is 12.1 Å². The summed E-state index contributed by atoms with van der Waals surface area (Å²) in [6, 6.07) is 6.08. The van der Waals surface area contributed by atoms with Gasteiger partial charge in [0.1, 0.15) is 12.6 Å². The Kier molecular flexibility index (Phi) is 3.37. The third-order valence-corrected chi connectivity index (χ3v) is 6.43. The molecule has 6 atom stereocenters. The molecule has 5 rings (SSSR count). The molecule has 2 aliphatic carbocycles. The first-order chi connectivity index (χ1) is 13.4. The SMILES string of the molecule is O=C(O)CN1C(=O)[C@@H]2[C@H]3C[C@@H]([C@H]4ON=C(c5cccc([N+](=O)[O-])c5)[C@@H]34)[C@H]2C1=O. The number of nitro benzene ring substituents is 1.